The topological polar surface area (TPSA) is 60.3 Å². The first-order valence-electron chi connectivity index (χ1n) is 7.61. The standard InChI is InChI=1S/C17H20N2O3/c1-19-15-5-3-2-4-13(15)10-14(17(19)21)16(20)18-8-6-12-7-9-22-11-12/h2-5,10,12H,6-9,11H2,1H3,(H,18,20)/t12-/m1/s1. The van der Waals surface area contributed by atoms with Crippen LogP contribution in [0.25, 0.3) is 10.9 Å². The van der Waals surface area contributed by atoms with Crippen LogP contribution in [0.15, 0.2) is 35.1 Å². The Balaban J connectivity index is 1.75. The second-order valence-corrected chi connectivity index (χ2v) is 5.76. The molecule has 1 N–H and O–H groups in total. The molecule has 1 aromatic heterocycles. The van der Waals surface area contributed by atoms with Gasteiger partial charge in [0.2, 0.25) is 0 Å². The number of benzene rings is 1. The van der Waals surface area contributed by atoms with Crippen molar-refractivity contribution in [3.63, 3.8) is 0 Å². The van der Waals surface area contributed by atoms with Gasteiger partial charge in [-0.05, 0) is 36.3 Å². The fourth-order valence-electron chi connectivity index (χ4n) is 2.88. The Labute approximate surface area is 128 Å². The molecule has 5 heteroatoms. The van der Waals surface area contributed by atoms with Gasteiger partial charge in [0.25, 0.3) is 11.5 Å². The second-order valence-electron chi connectivity index (χ2n) is 5.76. The molecule has 22 heavy (non-hydrogen) atoms. The molecule has 2 heterocycles. The molecule has 1 amide bonds. The number of fused-ring (bicyclic) bond motifs is 1. The molecule has 1 saturated heterocycles. The molecule has 0 aliphatic carbocycles. The van der Waals surface area contributed by atoms with E-state index in [0.29, 0.717) is 12.5 Å². The first-order valence-corrected chi connectivity index (χ1v) is 7.61. The van der Waals surface area contributed by atoms with Crippen LogP contribution in [0.4, 0.5) is 0 Å². The van der Waals surface area contributed by atoms with Gasteiger partial charge in [-0.1, -0.05) is 18.2 Å². The van der Waals surface area contributed by atoms with Gasteiger partial charge in [0.15, 0.2) is 0 Å². The lowest BCUT2D eigenvalue weighted by Gasteiger charge is -2.11. The van der Waals surface area contributed by atoms with Gasteiger partial charge in [-0.2, -0.15) is 0 Å². The molecule has 116 valence electrons. The minimum Gasteiger partial charge on any atom is -0.381 e. The van der Waals surface area contributed by atoms with Crippen molar-refractivity contribution in [1.29, 1.82) is 0 Å². The van der Waals surface area contributed by atoms with Gasteiger partial charge >= 0.3 is 0 Å². The predicted molar refractivity (Wildman–Crippen MR) is 85.1 cm³/mol. The van der Waals surface area contributed by atoms with E-state index in [9.17, 15) is 9.59 Å². The molecule has 1 aromatic carbocycles. The number of rotatable bonds is 4. The Kier molecular flexibility index (Phi) is 4.24. The smallest absolute Gasteiger partial charge is 0.263 e. The Morgan fingerprint density at radius 2 is 2.23 bits per heavy atom. The Morgan fingerprint density at radius 1 is 1.41 bits per heavy atom. The quantitative estimate of drug-likeness (QED) is 0.935. The minimum absolute atomic E-state index is 0.198. The molecule has 0 unspecified atom stereocenters. The summed E-state index contributed by atoms with van der Waals surface area (Å²) in [4.78, 5) is 24.6. The summed E-state index contributed by atoms with van der Waals surface area (Å²) in [5, 5.41) is 3.74. The van der Waals surface area contributed by atoms with E-state index in [1.807, 2.05) is 24.3 Å². The van der Waals surface area contributed by atoms with Crippen LogP contribution in [-0.4, -0.2) is 30.2 Å². The number of para-hydroxylation sites is 1. The monoisotopic (exact) mass is 300 g/mol. The van der Waals surface area contributed by atoms with Gasteiger partial charge in [-0.25, -0.2) is 0 Å². The molecule has 1 aliphatic heterocycles. The summed E-state index contributed by atoms with van der Waals surface area (Å²) in [5.74, 6) is 0.213. The Morgan fingerprint density at radius 3 is 3.00 bits per heavy atom. The number of aromatic nitrogens is 1. The number of carbonyl (C=O) groups is 1. The van der Waals surface area contributed by atoms with Crippen LogP contribution < -0.4 is 10.9 Å². The van der Waals surface area contributed by atoms with E-state index in [1.54, 1.807) is 13.1 Å². The fourth-order valence-corrected chi connectivity index (χ4v) is 2.88. The van der Waals surface area contributed by atoms with E-state index in [0.717, 1.165) is 37.0 Å². The molecule has 0 bridgehead atoms. The SMILES string of the molecule is Cn1c(=O)c(C(=O)NCC[C@@H]2CCOC2)cc2ccccc21. The lowest BCUT2D eigenvalue weighted by Crippen LogP contribution is -2.33. The molecular weight excluding hydrogens is 280 g/mol. The third kappa shape index (κ3) is 2.90. The zero-order valence-corrected chi connectivity index (χ0v) is 12.7. The number of hydrogen-bond donors (Lipinski definition) is 1. The molecule has 0 saturated carbocycles. The maximum atomic E-state index is 12.3. The van der Waals surface area contributed by atoms with E-state index in [-0.39, 0.29) is 17.0 Å². The molecule has 2 aromatic rings. The van der Waals surface area contributed by atoms with Crippen molar-refractivity contribution in [3.05, 3.63) is 46.2 Å². The third-order valence-corrected chi connectivity index (χ3v) is 4.24. The summed E-state index contributed by atoms with van der Waals surface area (Å²) in [6.07, 6.45) is 1.94. The van der Waals surface area contributed by atoms with Gasteiger partial charge in [0.05, 0.1) is 5.52 Å². The highest BCUT2D eigenvalue weighted by Crippen LogP contribution is 2.15. The van der Waals surface area contributed by atoms with Crippen molar-refractivity contribution < 1.29 is 9.53 Å². The molecule has 1 atom stereocenters. The number of amides is 1. The average molecular weight is 300 g/mol. The zero-order valence-electron chi connectivity index (χ0n) is 12.7. The van der Waals surface area contributed by atoms with Crippen molar-refractivity contribution in [1.82, 2.24) is 9.88 Å². The summed E-state index contributed by atoms with van der Waals surface area (Å²) in [6, 6.07) is 9.23. The van der Waals surface area contributed by atoms with E-state index in [2.05, 4.69) is 5.32 Å². The van der Waals surface area contributed by atoms with Crippen LogP contribution >= 0.6 is 0 Å². The van der Waals surface area contributed by atoms with Crippen LogP contribution in [0.3, 0.4) is 0 Å². The summed E-state index contributed by atoms with van der Waals surface area (Å²) in [5.41, 5.74) is 0.761. The van der Waals surface area contributed by atoms with Crippen molar-refractivity contribution in [2.75, 3.05) is 19.8 Å². The normalized spacial score (nSPS) is 17.8. The highest BCUT2D eigenvalue weighted by molar-refractivity contribution is 5.97. The predicted octanol–water partition coefficient (Wildman–Crippen LogP) is 1.69. The van der Waals surface area contributed by atoms with Gasteiger partial charge in [0.1, 0.15) is 5.56 Å². The van der Waals surface area contributed by atoms with E-state index < -0.39 is 0 Å². The number of carbonyl (C=O) groups excluding carboxylic acids is 1. The maximum Gasteiger partial charge on any atom is 0.263 e. The van der Waals surface area contributed by atoms with E-state index in [4.69, 9.17) is 4.74 Å². The zero-order chi connectivity index (χ0) is 15.5. The highest BCUT2D eigenvalue weighted by atomic mass is 16.5. The molecule has 0 radical (unpaired) electrons. The maximum absolute atomic E-state index is 12.3. The van der Waals surface area contributed by atoms with Crippen molar-refractivity contribution in [3.8, 4) is 0 Å². The largest absolute Gasteiger partial charge is 0.381 e. The van der Waals surface area contributed by atoms with Crippen molar-refractivity contribution in [2.45, 2.75) is 12.8 Å². The first kappa shape index (κ1) is 14.8. The summed E-state index contributed by atoms with van der Waals surface area (Å²) < 4.78 is 6.84. The molecular formula is C17H20N2O3. The Hall–Kier alpha value is -2.14. The van der Waals surface area contributed by atoms with Crippen LogP contribution in [0.1, 0.15) is 23.2 Å². The highest BCUT2D eigenvalue weighted by Gasteiger charge is 2.17. The molecule has 3 rings (SSSR count). The Bertz CT molecular complexity index is 745. The lowest BCUT2D eigenvalue weighted by molar-refractivity contribution is 0.0948. The molecule has 5 nitrogen and oxygen atoms in total. The summed E-state index contributed by atoms with van der Waals surface area (Å²) in [7, 11) is 1.69. The number of pyridine rings is 1. The molecule has 0 spiro atoms. The number of nitrogens with one attached hydrogen (secondary N) is 1. The van der Waals surface area contributed by atoms with Crippen molar-refractivity contribution >= 4 is 16.8 Å². The number of ether oxygens (including phenoxy) is 1. The molecule has 1 fully saturated rings. The molecule has 1 aliphatic rings. The number of nitrogens with zero attached hydrogens (tertiary/aromatic N) is 1. The lowest BCUT2D eigenvalue weighted by atomic mass is 10.1. The first-order chi connectivity index (χ1) is 10.7. The minimum atomic E-state index is -0.301. The van der Waals surface area contributed by atoms with Gasteiger partial charge in [0, 0.05) is 26.8 Å². The average Bonchev–Trinajstić information content (AvgIpc) is 3.04. The van der Waals surface area contributed by atoms with Gasteiger partial charge in [-0.3, -0.25) is 9.59 Å². The fraction of sp³-hybridized carbons (Fsp3) is 0.412. The number of hydrogen-bond acceptors (Lipinski definition) is 3. The van der Waals surface area contributed by atoms with Crippen molar-refractivity contribution in [2.24, 2.45) is 13.0 Å². The van der Waals surface area contributed by atoms with Crippen LogP contribution in [0.5, 0.6) is 0 Å². The second kappa shape index (κ2) is 6.32. The number of aryl methyl sites for hydroxylation is 1. The van der Waals surface area contributed by atoms with Gasteiger partial charge in [-0.15, -0.1) is 0 Å². The summed E-state index contributed by atoms with van der Waals surface area (Å²) >= 11 is 0. The van der Waals surface area contributed by atoms with Crippen LogP contribution in [-0.2, 0) is 11.8 Å². The van der Waals surface area contributed by atoms with E-state index in [1.165, 1.54) is 4.57 Å². The van der Waals surface area contributed by atoms with E-state index >= 15 is 0 Å². The third-order valence-electron chi connectivity index (χ3n) is 4.24. The van der Waals surface area contributed by atoms with Gasteiger partial charge < -0.3 is 14.6 Å². The summed E-state index contributed by atoms with van der Waals surface area (Å²) in [6.45, 7) is 2.15. The van der Waals surface area contributed by atoms with Crippen LogP contribution in [0.2, 0.25) is 0 Å². The van der Waals surface area contributed by atoms with Crippen LogP contribution in [0, 0.1) is 5.92 Å².